The van der Waals surface area contributed by atoms with Crippen LogP contribution < -0.4 is 0 Å². The molecule has 1 saturated heterocycles. The van der Waals surface area contributed by atoms with E-state index in [0.717, 1.165) is 5.56 Å². The van der Waals surface area contributed by atoms with Gasteiger partial charge in [0.15, 0.2) is 0 Å². The highest BCUT2D eigenvalue weighted by Crippen LogP contribution is 2.26. The third kappa shape index (κ3) is 3.13. The van der Waals surface area contributed by atoms with Gasteiger partial charge in [0.25, 0.3) is 0 Å². The Balaban J connectivity index is 2.31. The number of carbonyl (C=O) groups is 2. The first-order valence-corrected chi connectivity index (χ1v) is 6.88. The van der Waals surface area contributed by atoms with E-state index < -0.39 is 12.1 Å². The predicted molar refractivity (Wildman–Crippen MR) is 79.9 cm³/mol. The second kappa shape index (κ2) is 6.54. The predicted octanol–water partition coefficient (Wildman–Crippen LogP) is 1.87. The van der Waals surface area contributed by atoms with E-state index >= 15 is 0 Å². The van der Waals surface area contributed by atoms with Crippen LogP contribution >= 0.6 is 0 Å². The Labute approximate surface area is 124 Å². The lowest BCUT2D eigenvalue weighted by Crippen LogP contribution is -2.49. The Bertz CT molecular complexity index is 528. The van der Waals surface area contributed by atoms with E-state index in [0.29, 0.717) is 6.54 Å². The zero-order valence-electron chi connectivity index (χ0n) is 12.4. The van der Waals surface area contributed by atoms with E-state index in [4.69, 9.17) is 4.74 Å². The van der Waals surface area contributed by atoms with Gasteiger partial charge in [-0.3, -0.25) is 9.69 Å². The molecule has 0 spiro atoms. The number of benzene rings is 1. The fourth-order valence-electron chi connectivity index (χ4n) is 2.57. The van der Waals surface area contributed by atoms with E-state index in [-0.39, 0.29) is 18.4 Å². The van der Waals surface area contributed by atoms with Gasteiger partial charge in [0.1, 0.15) is 6.61 Å². The van der Waals surface area contributed by atoms with E-state index in [1.165, 1.54) is 4.90 Å². The lowest BCUT2D eigenvalue weighted by Gasteiger charge is -2.31. The molecule has 1 heterocycles. The molecule has 2 atom stereocenters. The second-order valence-corrected chi connectivity index (χ2v) is 5.18. The first kappa shape index (κ1) is 15.3. The number of amides is 2. The monoisotopic (exact) mass is 288 g/mol. The minimum atomic E-state index is -0.567. The highest BCUT2D eigenvalue weighted by molar-refractivity contribution is 5.96. The van der Waals surface area contributed by atoms with Crippen molar-refractivity contribution in [3.63, 3.8) is 0 Å². The molecule has 1 aliphatic rings. The summed E-state index contributed by atoms with van der Waals surface area (Å²) in [6, 6.07) is 9.20. The minimum Gasteiger partial charge on any atom is -0.447 e. The quantitative estimate of drug-likeness (QED) is 0.776. The lowest BCUT2D eigenvalue weighted by atomic mass is 9.90. The summed E-state index contributed by atoms with van der Waals surface area (Å²) in [5.41, 5.74) is 0.993. The van der Waals surface area contributed by atoms with Crippen LogP contribution in [0.4, 0.5) is 4.79 Å². The summed E-state index contributed by atoms with van der Waals surface area (Å²) in [7, 11) is 3.65. The molecule has 0 radical (unpaired) electrons. The van der Waals surface area contributed by atoms with E-state index in [1.807, 2.05) is 49.3 Å². The zero-order valence-corrected chi connectivity index (χ0v) is 12.4. The average molecular weight is 288 g/mol. The summed E-state index contributed by atoms with van der Waals surface area (Å²) < 4.78 is 4.86. The number of carbonyl (C=O) groups excluding carboxylic acids is 2. The van der Waals surface area contributed by atoms with Crippen molar-refractivity contribution in [2.24, 2.45) is 0 Å². The first-order valence-electron chi connectivity index (χ1n) is 6.88. The molecule has 0 unspecified atom stereocenters. The molecule has 0 aliphatic carbocycles. The van der Waals surface area contributed by atoms with Gasteiger partial charge in [-0.2, -0.15) is 0 Å². The topological polar surface area (TPSA) is 49.9 Å². The molecular weight excluding hydrogens is 268 g/mol. The largest absolute Gasteiger partial charge is 0.447 e. The molecule has 21 heavy (non-hydrogen) atoms. The van der Waals surface area contributed by atoms with Gasteiger partial charge in [-0.15, -0.1) is 6.58 Å². The third-order valence-electron chi connectivity index (χ3n) is 3.61. The summed E-state index contributed by atoms with van der Waals surface area (Å²) in [4.78, 5) is 27.3. The fourth-order valence-corrected chi connectivity index (χ4v) is 2.57. The maximum absolute atomic E-state index is 12.7. The van der Waals surface area contributed by atoms with Crippen molar-refractivity contribution in [3.05, 3.63) is 48.6 Å². The Morgan fingerprint density at radius 2 is 2.05 bits per heavy atom. The maximum Gasteiger partial charge on any atom is 0.416 e. The van der Waals surface area contributed by atoms with Crippen LogP contribution in [0.15, 0.2) is 43.0 Å². The van der Waals surface area contributed by atoms with Crippen LogP contribution in [0.2, 0.25) is 0 Å². The molecule has 1 aromatic rings. The Morgan fingerprint density at radius 1 is 1.38 bits per heavy atom. The van der Waals surface area contributed by atoms with Crippen LogP contribution in [0.3, 0.4) is 0 Å². The molecule has 0 saturated carbocycles. The molecule has 5 heteroatoms. The van der Waals surface area contributed by atoms with Crippen molar-refractivity contribution in [3.8, 4) is 0 Å². The SMILES string of the molecule is C=C[C@@H](c1ccccc1)[C@@H](C(=O)N1CCOC1=O)N(C)C. The van der Waals surface area contributed by atoms with Crippen LogP contribution in [0.5, 0.6) is 0 Å². The summed E-state index contributed by atoms with van der Waals surface area (Å²) in [6.45, 7) is 4.42. The zero-order chi connectivity index (χ0) is 15.4. The van der Waals surface area contributed by atoms with Crippen molar-refractivity contribution in [2.45, 2.75) is 12.0 Å². The highest BCUT2D eigenvalue weighted by atomic mass is 16.6. The van der Waals surface area contributed by atoms with Gasteiger partial charge < -0.3 is 4.74 Å². The van der Waals surface area contributed by atoms with Gasteiger partial charge in [-0.05, 0) is 19.7 Å². The summed E-state index contributed by atoms with van der Waals surface area (Å²) in [5, 5.41) is 0. The molecular formula is C16H20N2O3. The Hall–Kier alpha value is -2.14. The van der Waals surface area contributed by atoms with Crippen LogP contribution in [0.1, 0.15) is 11.5 Å². The van der Waals surface area contributed by atoms with Crippen molar-refractivity contribution in [1.82, 2.24) is 9.80 Å². The van der Waals surface area contributed by atoms with Crippen LogP contribution in [-0.4, -0.2) is 55.1 Å². The number of likely N-dealkylation sites (N-methyl/N-ethyl adjacent to an activating group) is 1. The Kier molecular flexibility index (Phi) is 4.75. The minimum absolute atomic E-state index is 0.193. The summed E-state index contributed by atoms with van der Waals surface area (Å²) in [6.07, 6.45) is 1.18. The molecule has 112 valence electrons. The van der Waals surface area contributed by atoms with Crippen molar-refractivity contribution >= 4 is 12.0 Å². The van der Waals surface area contributed by atoms with Gasteiger partial charge in [-0.1, -0.05) is 36.4 Å². The van der Waals surface area contributed by atoms with Crippen LogP contribution in [0, 0.1) is 0 Å². The number of ether oxygens (including phenoxy) is 1. The van der Waals surface area contributed by atoms with Crippen molar-refractivity contribution in [1.29, 1.82) is 0 Å². The molecule has 0 aromatic heterocycles. The molecule has 5 nitrogen and oxygen atoms in total. The number of nitrogens with zero attached hydrogens (tertiary/aromatic N) is 2. The van der Waals surface area contributed by atoms with Crippen LogP contribution in [0.25, 0.3) is 0 Å². The normalized spacial score (nSPS) is 17.5. The highest BCUT2D eigenvalue weighted by Gasteiger charge is 2.38. The number of rotatable bonds is 5. The molecule has 1 aromatic carbocycles. The standard InChI is InChI=1S/C16H20N2O3/c1-4-13(12-8-6-5-7-9-12)14(17(2)3)15(19)18-10-11-21-16(18)20/h4-9,13-14H,1,10-11H2,2-3H3/t13-,14-/m0/s1. The molecule has 0 bridgehead atoms. The van der Waals surface area contributed by atoms with Gasteiger partial charge in [-0.25, -0.2) is 9.69 Å². The molecule has 2 rings (SSSR count). The van der Waals surface area contributed by atoms with E-state index in [2.05, 4.69) is 6.58 Å². The van der Waals surface area contributed by atoms with Gasteiger partial charge in [0.05, 0.1) is 12.6 Å². The fraction of sp³-hybridized carbons (Fsp3) is 0.375. The number of hydrogen-bond donors (Lipinski definition) is 0. The second-order valence-electron chi connectivity index (χ2n) is 5.18. The molecule has 2 amide bonds. The molecule has 0 N–H and O–H groups in total. The smallest absolute Gasteiger partial charge is 0.416 e. The number of cyclic esters (lactones) is 1. The van der Waals surface area contributed by atoms with Crippen molar-refractivity contribution in [2.75, 3.05) is 27.2 Å². The van der Waals surface area contributed by atoms with E-state index in [9.17, 15) is 9.59 Å². The summed E-state index contributed by atoms with van der Waals surface area (Å²) >= 11 is 0. The summed E-state index contributed by atoms with van der Waals surface area (Å²) in [5.74, 6) is -0.446. The number of imide groups is 1. The number of hydrogen-bond acceptors (Lipinski definition) is 4. The molecule has 1 fully saturated rings. The van der Waals surface area contributed by atoms with Gasteiger partial charge >= 0.3 is 6.09 Å². The van der Waals surface area contributed by atoms with E-state index in [1.54, 1.807) is 6.08 Å². The van der Waals surface area contributed by atoms with Crippen LogP contribution in [-0.2, 0) is 9.53 Å². The third-order valence-corrected chi connectivity index (χ3v) is 3.61. The van der Waals surface area contributed by atoms with Gasteiger partial charge in [0, 0.05) is 5.92 Å². The lowest BCUT2D eigenvalue weighted by molar-refractivity contribution is -0.132. The van der Waals surface area contributed by atoms with Gasteiger partial charge in [0.2, 0.25) is 5.91 Å². The first-order chi connectivity index (χ1) is 10.1. The molecule has 1 aliphatic heterocycles. The average Bonchev–Trinajstić information content (AvgIpc) is 2.90. The van der Waals surface area contributed by atoms with Crippen molar-refractivity contribution < 1.29 is 14.3 Å². The Morgan fingerprint density at radius 3 is 2.52 bits per heavy atom. The maximum atomic E-state index is 12.7.